The average Bonchev–Trinajstić information content (AvgIpc) is 2.50. The molecule has 0 aliphatic heterocycles. The second kappa shape index (κ2) is 5.83. The number of hydrogen-bond acceptors (Lipinski definition) is 3. The molecule has 1 heterocycles. The number of rotatable bonds is 4. The molecule has 0 saturated heterocycles. The quantitative estimate of drug-likeness (QED) is 0.713. The minimum absolute atomic E-state index is 0.766. The Balaban J connectivity index is 1.75. The van der Waals surface area contributed by atoms with Crippen LogP contribution in [0, 0.1) is 6.92 Å². The van der Waals surface area contributed by atoms with Crippen LogP contribution in [0.15, 0.2) is 54.9 Å². The van der Waals surface area contributed by atoms with E-state index in [1.807, 2.05) is 24.4 Å². The monoisotopic (exact) mass is 277 g/mol. The molecule has 0 saturated carbocycles. The highest BCUT2D eigenvalue weighted by Gasteiger charge is 2.03. The first kappa shape index (κ1) is 13.4. The maximum Gasteiger partial charge on any atom is 0.0422 e. The lowest BCUT2D eigenvalue weighted by Crippen LogP contribution is -2.05. The molecule has 0 aliphatic carbocycles. The van der Waals surface area contributed by atoms with E-state index in [0.717, 1.165) is 35.1 Å². The molecule has 21 heavy (non-hydrogen) atoms. The zero-order chi connectivity index (χ0) is 14.7. The van der Waals surface area contributed by atoms with Crippen molar-refractivity contribution in [3.8, 4) is 0 Å². The van der Waals surface area contributed by atoms with E-state index in [1.54, 1.807) is 6.20 Å². The molecule has 0 aliphatic rings. The van der Waals surface area contributed by atoms with Gasteiger partial charge in [0.15, 0.2) is 0 Å². The summed E-state index contributed by atoms with van der Waals surface area (Å²) in [5.41, 5.74) is 10.5. The van der Waals surface area contributed by atoms with Gasteiger partial charge in [0.2, 0.25) is 0 Å². The highest BCUT2D eigenvalue weighted by molar-refractivity contribution is 6.00. The Labute approximate surface area is 124 Å². The van der Waals surface area contributed by atoms with Gasteiger partial charge in [-0.3, -0.25) is 4.98 Å². The Hall–Kier alpha value is -2.55. The Morgan fingerprint density at radius 1 is 1.10 bits per heavy atom. The minimum Gasteiger partial charge on any atom is -0.398 e. The normalized spacial score (nSPS) is 10.7. The summed E-state index contributed by atoms with van der Waals surface area (Å²) in [4.78, 5) is 4.14. The molecule has 0 bridgehead atoms. The molecule has 0 amide bonds. The van der Waals surface area contributed by atoms with Gasteiger partial charge in [0.25, 0.3) is 0 Å². The number of nitrogens with zero attached hydrogens (tertiary/aromatic N) is 1. The van der Waals surface area contributed by atoms with Crippen molar-refractivity contribution in [2.45, 2.75) is 13.3 Å². The first-order valence-electron chi connectivity index (χ1n) is 7.15. The average molecular weight is 277 g/mol. The van der Waals surface area contributed by atoms with E-state index in [4.69, 9.17) is 5.73 Å². The maximum absolute atomic E-state index is 5.99. The third kappa shape index (κ3) is 2.97. The summed E-state index contributed by atoms with van der Waals surface area (Å²) in [6.45, 7) is 3.02. The number of aryl methyl sites for hydroxylation is 1. The number of fused-ring (bicyclic) bond motifs is 1. The van der Waals surface area contributed by atoms with Crippen LogP contribution in [0.1, 0.15) is 11.1 Å². The van der Waals surface area contributed by atoms with E-state index in [2.05, 4.69) is 41.5 Å². The van der Waals surface area contributed by atoms with Gasteiger partial charge in [0, 0.05) is 41.1 Å². The standard InChI is InChI=1S/C18H19N3/c1-13-3-2-4-14(11-13)7-10-21-18-6-5-17(19)16-12-20-9-8-15(16)18/h2-6,8-9,11-12,21H,7,10,19H2,1H3. The number of nitrogens with two attached hydrogens (primary N) is 1. The molecule has 3 N–H and O–H groups in total. The Kier molecular flexibility index (Phi) is 3.73. The molecule has 0 atom stereocenters. The molecule has 3 heteroatoms. The van der Waals surface area contributed by atoms with Crippen molar-refractivity contribution in [3.63, 3.8) is 0 Å². The molecule has 1 aromatic heterocycles. The molecule has 0 fully saturated rings. The predicted molar refractivity (Wildman–Crippen MR) is 89.5 cm³/mol. The fourth-order valence-electron chi connectivity index (χ4n) is 2.58. The molecule has 0 unspecified atom stereocenters. The van der Waals surface area contributed by atoms with E-state index in [9.17, 15) is 0 Å². The largest absolute Gasteiger partial charge is 0.398 e. The molecule has 106 valence electrons. The second-order valence-electron chi connectivity index (χ2n) is 5.29. The summed E-state index contributed by atoms with van der Waals surface area (Å²) in [5.74, 6) is 0. The summed E-state index contributed by atoms with van der Waals surface area (Å²) >= 11 is 0. The van der Waals surface area contributed by atoms with Gasteiger partial charge in [-0.05, 0) is 37.1 Å². The zero-order valence-corrected chi connectivity index (χ0v) is 12.1. The molecule has 3 nitrogen and oxygen atoms in total. The van der Waals surface area contributed by atoms with E-state index in [-0.39, 0.29) is 0 Å². The smallest absolute Gasteiger partial charge is 0.0422 e. The number of nitrogens with one attached hydrogen (secondary N) is 1. The van der Waals surface area contributed by atoms with Gasteiger partial charge in [-0.25, -0.2) is 0 Å². The Bertz CT molecular complexity index is 765. The van der Waals surface area contributed by atoms with Crippen molar-refractivity contribution in [2.24, 2.45) is 0 Å². The van der Waals surface area contributed by atoms with Crippen LogP contribution in [-0.4, -0.2) is 11.5 Å². The van der Waals surface area contributed by atoms with Crippen LogP contribution in [0.4, 0.5) is 11.4 Å². The van der Waals surface area contributed by atoms with Crippen molar-refractivity contribution >= 4 is 22.1 Å². The maximum atomic E-state index is 5.99. The van der Waals surface area contributed by atoms with Crippen LogP contribution in [0.2, 0.25) is 0 Å². The predicted octanol–water partition coefficient (Wildman–Crippen LogP) is 3.78. The summed E-state index contributed by atoms with van der Waals surface area (Å²) < 4.78 is 0. The third-order valence-electron chi connectivity index (χ3n) is 3.66. The van der Waals surface area contributed by atoms with E-state index >= 15 is 0 Å². The van der Waals surface area contributed by atoms with Crippen LogP contribution in [0.3, 0.4) is 0 Å². The number of nitrogen functional groups attached to an aromatic ring is 1. The number of hydrogen-bond donors (Lipinski definition) is 2. The molecular weight excluding hydrogens is 258 g/mol. The van der Waals surface area contributed by atoms with Gasteiger partial charge in [0.1, 0.15) is 0 Å². The fourth-order valence-corrected chi connectivity index (χ4v) is 2.58. The van der Waals surface area contributed by atoms with Crippen molar-refractivity contribution in [2.75, 3.05) is 17.6 Å². The lowest BCUT2D eigenvalue weighted by atomic mass is 10.1. The van der Waals surface area contributed by atoms with Gasteiger partial charge < -0.3 is 11.1 Å². The fraction of sp³-hybridized carbons (Fsp3) is 0.167. The van der Waals surface area contributed by atoms with Crippen LogP contribution >= 0.6 is 0 Å². The number of anilines is 2. The lowest BCUT2D eigenvalue weighted by Gasteiger charge is -2.11. The second-order valence-corrected chi connectivity index (χ2v) is 5.29. The van der Waals surface area contributed by atoms with Gasteiger partial charge in [-0.2, -0.15) is 0 Å². The minimum atomic E-state index is 0.766. The highest BCUT2D eigenvalue weighted by Crippen LogP contribution is 2.27. The first-order valence-corrected chi connectivity index (χ1v) is 7.15. The topological polar surface area (TPSA) is 50.9 Å². The Morgan fingerprint density at radius 3 is 2.86 bits per heavy atom. The molecule has 0 spiro atoms. The van der Waals surface area contributed by atoms with Gasteiger partial charge in [0.05, 0.1) is 0 Å². The van der Waals surface area contributed by atoms with Crippen molar-refractivity contribution in [1.29, 1.82) is 0 Å². The van der Waals surface area contributed by atoms with Crippen LogP contribution < -0.4 is 11.1 Å². The molecule has 3 aromatic rings. The van der Waals surface area contributed by atoms with Crippen molar-refractivity contribution < 1.29 is 0 Å². The van der Waals surface area contributed by atoms with Crippen LogP contribution in [-0.2, 0) is 6.42 Å². The first-order chi connectivity index (χ1) is 10.2. The van der Waals surface area contributed by atoms with Crippen molar-refractivity contribution in [1.82, 2.24) is 4.98 Å². The molecule has 3 rings (SSSR count). The molecular formula is C18H19N3. The number of aromatic nitrogens is 1. The van der Waals surface area contributed by atoms with Gasteiger partial charge in [-0.1, -0.05) is 29.8 Å². The number of benzene rings is 2. The summed E-state index contributed by atoms with van der Waals surface area (Å²) in [6, 6.07) is 14.6. The van der Waals surface area contributed by atoms with Crippen molar-refractivity contribution in [3.05, 3.63) is 66.0 Å². The SMILES string of the molecule is Cc1cccc(CCNc2ccc(N)c3cnccc23)c1. The zero-order valence-electron chi connectivity index (χ0n) is 12.1. The van der Waals surface area contributed by atoms with Crippen LogP contribution in [0.5, 0.6) is 0 Å². The molecule has 0 radical (unpaired) electrons. The Morgan fingerprint density at radius 2 is 2.00 bits per heavy atom. The summed E-state index contributed by atoms with van der Waals surface area (Å²) in [7, 11) is 0. The lowest BCUT2D eigenvalue weighted by molar-refractivity contribution is 1.02. The van der Waals surface area contributed by atoms with Gasteiger partial charge in [-0.15, -0.1) is 0 Å². The summed E-state index contributed by atoms with van der Waals surface area (Å²) in [6.07, 6.45) is 4.61. The van der Waals surface area contributed by atoms with E-state index < -0.39 is 0 Å². The van der Waals surface area contributed by atoms with Gasteiger partial charge >= 0.3 is 0 Å². The van der Waals surface area contributed by atoms with Crippen LogP contribution in [0.25, 0.3) is 10.8 Å². The van der Waals surface area contributed by atoms with E-state index in [0.29, 0.717) is 0 Å². The third-order valence-corrected chi connectivity index (χ3v) is 3.66. The van der Waals surface area contributed by atoms with E-state index in [1.165, 1.54) is 11.1 Å². The summed E-state index contributed by atoms with van der Waals surface area (Å²) in [5, 5.41) is 5.62. The highest BCUT2D eigenvalue weighted by atomic mass is 14.9. The number of pyridine rings is 1. The molecule has 2 aromatic carbocycles.